The van der Waals surface area contributed by atoms with Crippen molar-refractivity contribution in [2.45, 2.75) is 52.4 Å². The lowest BCUT2D eigenvalue weighted by molar-refractivity contribution is -0.139. The molecule has 0 aliphatic carbocycles. The van der Waals surface area contributed by atoms with Gasteiger partial charge < -0.3 is 5.32 Å². The zero-order valence-corrected chi connectivity index (χ0v) is 12.8. The zero-order valence-electron chi connectivity index (χ0n) is 12.8. The lowest BCUT2D eigenvalue weighted by Crippen LogP contribution is -2.31. The molecule has 0 aromatic heterocycles. The summed E-state index contributed by atoms with van der Waals surface area (Å²) < 4.78 is 0. The molecule has 1 aliphatic rings. The summed E-state index contributed by atoms with van der Waals surface area (Å²) in [7, 11) is 0. The number of unbranched alkanes of at least 4 members (excludes halogenated alkanes) is 2. The van der Waals surface area contributed by atoms with Gasteiger partial charge in [-0.25, -0.2) is 0 Å². The third-order valence-corrected chi connectivity index (χ3v) is 3.55. The molecule has 0 radical (unpaired) electrons. The summed E-state index contributed by atoms with van der Waals surface area (Å²) in [5.74, 6) is -0.358. The molecule has 1 saturated heterocycles. The minimum Gasteiger partial charge on any atom is -0.356 e. The van der Waals surface area contributed by atoms with Crippen LogP contribution in [0.2, 0.25) is 0 Å². The Morgan fingerprint density at radius 3 is 2.48 bits per heavy atom. The highest BCUT2D eigenvalue weighted by Gasteiger charge is 2.34. The number of amides is 3. The Morgan fingerprint density at radius 1 is 1.19 bits per heavy atom. The summed E-state index contributed by atoms with van der Waals surface area (Å²) >= 11 is 0. The Morgan fingerprint density at radius 2 is 1.90 bits per heavy atom. The van der Waals surface area contributed by atoms with Crippen LogP contribution in [0.1, 0.15) is 52.4 Å². The van der Waals surface area contributed by atoms with Crippen molar-refractivity contribution in [3.8, 4) is 0 Å². The number of hydrogen-bond acceptors (Lipinski definition) is 4. The highest BCUT2D eigenvalue weighted by molar-refractivity contribution is 6.03. The molecule has 1 aliphatic heterocycles. The van der Waals surface area contributed by atoms with Gasteiger partial charge in [-0.1, -0.05) is 13.3 Å². The molecule has 0 saturated carbocycles. The third kappa shape index (κ3) is 6.06. The Labute approximate surface area is 125 Å². The predicted octanol–water partition coefficient (Wildman–Crippen LogP) is 1.04. The largest absolute Gasteiger partial charge is 0.356 e. The second kappa shape index (κ2) is 8.54. The van der Waals surface area contributed by atoms with Gasteiger partial charge in [0.2, 0.25) is 17.7 Å². The van der Waals surface area contributed by atoms with E-state index in [1.54, 1.807) is 6.92 Å². The standard InChI is InChI=1S/C15H24N2O4/c1-11-10-14(20)17(15(11)21)9-5-3-4-6-13(19)16-8-7-12(2)18/h11H,3-10H2,1-2H3,(H,16,19). The maximum atomic E-state index is 11.7. The smallest absolute Gasteiger partial charge is 0.232 e. The van der Waals surface area contributed by atoms with Gasteiger partial charge in [0.25, 0.3) is 0 Å². The second-order valence-corrected chi connectivity index (χ2v) is 5.60. The second-order valence-electron chi connectivity index (χ2n) is 5.60. The van der Waals surface area contributed by atoms with Gasteiger partial charge in [0, 0.05) is 38.3 Å². The maximum absolute atomic E-state index is 11.7. The first-order chi connectivity index (χ1) is 9.91. The highest BCUT2D eigenvalue weighted by atomic mass is 16.2. The highest BCUT2D eigenvalue weighted by Crippen LogP contribution is 2.19. The third-order valence-electron chi connectivity index (χ3n) is 3.55. The molecule has 6 nitrogen and oxygen atoms in total. The van der Waals surface area contributed by atoms with Crippen LogP contribution < -0.4 is 5.32 Å². The van der Waals surface area contributed by atoms with E-state index in [1.165, 1.54) is 11.8 Å². The molecule has 0 bridgehead atoms. The number of likely N-dealkylation sites (tertiary alicyclic amines) is 1. The normalized spacial score (nSPS) is 18.2. The molecule has 6 heteroatoms. The van der Waals surface area contributed by atoms with Gasteiger partial charge in [0.15, 0.2) is 0 Å². The first-order valence-electron chi connectivity index (χ1n) is 7.52. The van der Waals surface area contributed by atoms with Gasteiger partial charge in [0.1, 0.15) is 5.78 Å². The topological polar surface area (TPSA) is 83.6 Å². The summed E-state index contributed by atoms with van der Waals surface area (Å²) in [6.45, 7) is 4.11. The molecule has 1 heterocycles. The number of imide groups is 1. The Bertz CT molecular complexity index is 420. The summed E-state index contributed by atoms with van der Waals surface area (Å²) in [4.78, 5) is 46.7. The number of carbonyl (C=O) groups excluding carboxylic acids is 4. The van der Waals surface area contributed by atoms with Gasteiger partial charge in [-0.2, -0.15) is 0 Å². The Hall–Kier alpha value is -1.72. The van der Waals surface area contributed by atoms with Crippen LogP contribution in [-0.4, -0.2) is 41.5 Å². The average Bonchev–Trinajstić information content (AvgIpc) is 2.64. The lowest BCUT2D eigenvalue weighted by Gasteiger charge is -2.13. The first-order valence-corrected chi connectivity index (χ1v) is 7.52. The van der Waals surface area contributed by atoms with Crippen LogP contribution in [0.3, 0.4) is 0 Å². The van der Waals surface area contributed by atoms with Crippen molar-refractivity contribution >= 4 is 23.5 Å². The molecule has 1 unspecified atom stereocenters. The molecule has 0 aromatic carbocycles. The van der Waals surface area contributed by atoms with Crippen molar-refractivity contribution in [3.63, 3.8) is 0 Å². The fourth-order valence-corrected chi connectivity index (χ4v) is 2.28. The van der Waals surface area contributed by atoms with Crippen LogP contribution >= 0.6 is 0 Å². The van der Waals surface area contributed by atoms with Crippen LogP contribution in [0.15, 0.2) is 0 Å². The van der Waals surface area contributed by atoms with Gasteiger partial charge in [-0.15, -0.1) is 0 Å². The van der Waals surface area contributed by atoms with Crippen molar-refractivity contribution in [2.24, 2.45) is 5.92 Å². The predicted molar refractivity (Wildman–Crippen MR) is 77.3 cm³/mol. The van der Waals surface area contributed by atoms with Crippen LogP contribution in [0, 0.1) is 5.92 Å². The van der Waals surface area contributed by atoms with Crippen LogP contribution in [0.25, 0.3) is 0 Å². The van der Waals surface area contributed by atoms with E-state index in [9.17, 15) is 19.2 Å². The van der Waals surface area contributed by atoms with Crippen molar-refractivity contribution in [1.82, 2.24) is 10.2 Å². The van der Waals surface area contributed by atoms with Crippen molar-refractivity contribution in [1.29, 1.82) is 0 Å². The maximum Gasteiger partial charge on any atom is 0.232 e. The van der Waals surface area contributed by atoms with E-state index in [2.05, 4.69) is 5.32 Å². The summed E-state index contributed by atoms with van der Waals surface area (Å²) in [6.07, 6.45) is 3.34. The number of ketones is 1. The number of rotatable bonds is 9. The first kappa shape index (κ1) is 17.3. The van der Waals surface area contributed by atoms with Crippen LogP contribution in [0.4, 0.5) is 0 Å². The van der Waals surface area contributed by atoms with E-state index in [-0.39, 0.29) is 29.4 Å². The van der Waals surface area contributed by atoms with Gasteiger partial charge in [-0.3, -0.25) is 24.1 Å². The Kier molecular flexibility index (Phi) is 7.05. The fraction of sp³-hybridized carbons (Fsp3) is 0.733. The Balaban J connectivity index is 2.07. The van der Waals surface area contributed by atoms with Crippen LogP contribution in [0.5, 0.6) is 0 Å². The van der Waals surface area contributed by atoms with E-state index in [4.69, 9.17) is 0 Å². The molecule has 1 atom stereocenters. The van der Waals surface area contributed by atoms with Crippen LogP contribution in [-0.2, 0) is 19.2 Å². The minimum atomic E-state index is -0.190. The van der Waals surface area contributed by atoms with E-state index in [1.807, 2.05) is 0 Å². The van der Waals surface area contributed by atoms with Crippen molar-refractivity contribution in [3.05, 3.63) is 0 Å². The zero-order chi connectivity index (χ0) is 15.8. The molecule has 21 heavy (non-hydrogen) atoms. The molecular weight excluding hydrogens is 272 g/mol. The van der Waals surface area contributed by atoms with Gasteiger partial charge in [0.05, 0.1) is 0 Å². The molecule has 0 aromatic rings. The lowest BCUT2D eigenvalue weighted by atomic mass is 10.1. The molecule has 3 amide bonds. The quantitative estimate of drug-likeness (QED) is 0.509. The number of nitrogens with zero attached hydrogens (tertiary/aromatic N) is 1. The van der Waals surface area contributed by atoms with Gasteiger partial charge in [-0.05, 0) is 19.8 Å². The van der Waals surface area contributed by atoms with E-state index >= 15 is 0 Å². The van der Waals surface area contributed by atoms with Crippen molar-refractivity contribution < 1.29 is 19.2 Å². The molecule has 1 rings (SSSR count). The molecular formula is C15H24N2O4. The van der Waals surface area contributed by atoms with Gasteiger partial charge >= 0.3 is 0 Å². The number of carbonyl (C=O) groups is 4. The SMILES string of the molecule is CC(=O)CCNC(=O)CCCCCN1C(=O)CC(C)C1=O. The van der Waals surface area contributed by atoms with Crippen molar-refractivity contribution in [2.75, 3.05) is 13.1 Å². The van der Waals surface area contributed by atoms with E-state index in [0.717, 1.165) is 19.3 Å². The average molecular weight is 296 g/mol. The number of Topliss-reactive ketones (excluding diaryl/α,β-unsaturated/α-hetero) is 1. The number of nitrogens with one attached hydrogen (secondary N) is 1. The molecule has 1 fully saturated rings. The number of hydrogen-bond donors (Lipinski definition) is 1. The summed E-state index contributed by atoms with van der Waals surface area (Å²) in [5.41, 5.74) is 0. The molecule has 118 valence electrons. The minimum absolute atomic E-state index is 0.0572. The molecule has 0 spiro atoms. The van der Waals surface area contributed by atoms with E-state index < -0.39 is 0 Å². The summed E-state index contributed by atoms with van der Waals surface area (Å²) in [6, 6.07) is 0. The molecule has 1 N–H and O–H groups in total. The summed E-state index contributed by atoms with van der Waals surface area (Å²) in [5, 5.41) is 2.69. The fourth-order valence-electron chi connectivity index (χ4n) is 2.28. The van der Waals surface area contributed by atoms with E-state index in [0.29, 0.717) is 32.4 Å². The monoisotopic (exact) mass is 296 g/mol.